The molecule has 1 heterocycles. The summed E-state index contributed by atoms with van der Waals surface area (Å²) in [6.07, 6.45) is -4.47. The van der Waals surface area contributed by atoms with E-state index in [0.717, 1.165) is 4.88 Å². The van der Waals surface area contributed by atoms with Crippen LogP contribution in [0, 0.1) is 0 Å². The Morgan fingerprint density at radius 3 is 2.62 bits per heavy atom. The van der Waals surface area contributed by atoms with Gasteiger partial charge in [-0.05, 0) is 24.3 Å². The highest BCUT2D eigenvalue weighted by Gasteiger charge is 2.25. The Kier molecular flexibility index (Phi) is 8.59. The molecule has 136 valence electrons. The molecule has 0 aliphatic rings. The van der Waals surface area contributed by atoms with E-state index in [2.05, 4.69) is 15.6 Å². The molecule has 0 radical (unpaired) electrons. The molecular weight excluding hydrogens is 341 g/mol. The van der Waals surface area contributed by atoms with Crippen LogP contribution in [0.25, 0.3) is 0 Å². The molecule has 0 saturated heterocycles. The first-order valence-electron chi connectivity index (χ1n) is 7.59. The van der Waals surface area contributed by atoms with Crippen LogP contribution in [0.2, 0.25) is 0 Å². The minimum absolute atomic E-state index is 0.0185. The number of nitrogens with zero attached hydrogens (tertiary/aromatic N) is 2. The van der Waals surface area contributed by atoms with Crippen LogP contribution in [0.4, 0.5) is 13.2 Å². The Bertz CT molecular complexity index is 515. The van der Waals surface area contributed by atoms with Gasteiger partial charge in [-0.1, -0.05) is 6.07 Å². The maximum Gasteiger partial charge on any atom is 0.389 e. The zero-order chi connectivity index (χ0) is 18.0. The maximum absolute atomic E-state index is 12.1. The number of nitrogens with one attached hydrogen (secondary N) is 2. The number of amides is 1. The molecule has 0 bridgehead atoms. The van der Waals surface area contributed by atoms with Gasteiger partial charge in [0, 0.05) is 31.9 Å². The number of hydrogen-bond donors (Lipinski definition) is 2. The largest absolute Gasteiger partial charge is 0.389 e. The van der Waals surface area contributed by atoms with Gasteiger partial charge in [-0.25, -0.2) is 4.99 Å². The van der Waals surface area contributed by atoms with Crippen molar-refractivity contribution in [2.45, 2.75) is 32.0 Å². The van der Waals surface area contributed by atoms with Crippen molar-refractivity contribution in [1.29, 1.82) is 0 Å². The molecule has 24 heavy (non-hydrogen) atoms. The fourth-order valence-corrected chi connectivity index (χ4v) is 2.35. The van der Waals surface area contributed by atoms with E-state index in [1.54, 1.807) is 25.4 Å². The van der Waals surface area contributed by atoms with Crippen LogP contribution in [0.3, 0.4) is 0 Å². The normalized spacial score (nSPS) is 12.1. The van der Waals surface area contributed by atoms with E-state index in [0.29, 0.717) is 25.5 Å². The fraction of sp³-hybridized carbons (Fsp3) is 0.600. The molecule has 1 aromatic heterocycles. The number of carbonyl (C=O) groups excluding carboxylic acids is 1. The molecular formula is C15H23F3N4OS. The van der Waals surface area contributed by atoms with Gasteiger partial charge in [-0.15, -0.1) is 11.3 Å². The van der Waals surface area contributed by atoms with Gasteiger partial charge < -0.3 is 15.5 Å². The summed E-state index contributed by atoms with van der Waals surface area (Å²) in [7, 11) is 3.28. The monoisotopic (exact) mass is 364 g/mol. The Morgan fingerprint density at radius 1 is 1.29 bits per heavy atom. The van der Waals surface area contributed by atoms with Gasteiger partial charge in [-0.2, -0.15) is 13.2 Å². The minimum atomic E-state index is -4.12. The number of likely N-dealkylation sites (N-methyl/N-ethyl adjacent to an activating group) is 1. The number of guanidine groups is 1. The van der Waals surface area contributed by atoms with E-state index in [9.17, 15) is 18.0 Å². The Balaban J connectivity index is 2.44. The number of unbranched alkanes of at least 4 members (excludes halogenated alkanes) is 1. The molecule has 0 aliphatic carbocycles. The van der Waals surface area contributed by atoms with Crippen LogP contribution < -0.4 is 10.6 Å². The SMILES string of the molecule is CN(C)C(=O)CN=C(NCCCCC(F)(F)F)NCc1cccs1. The van der Waals surface area contributed by atoms with Crippen LogP contribution in [0.1, 0.15) is 24.1 Å². The highest BCUT2D eigenvalue weighted by Crippen LogP contribution is 2.21. The molecule has 0 spiro atoms. The molecule has 0 atom stereocenters. The van der Waals surface area contributed by atoms with Crippen LogP contribution in [0.15, 0.2) is 22.5 Å². The number of alkyl halides is 3. The fourth-order valence-electron chi connectivity index (χ4n) is 1.70. The summed E-state index contributed by atoms with van der Waals surface area (Å²) in [5, 5.41) is 8.00. The minimum Gasteiger partial charge on any atom is -0.356 e. The summed E-state index contributed by atoms with van der Waals surface area (Å²) >= 11 is 1.58. The number of halogens is 3. The van der Waals surface area contributed by atoms with Gasteiger partial charge in [0.25, 0.3) is 0 Å². The molecule has 2 N–H and O–H groups in total. The van der Waals surface area contributed by atoms with Crippen LogP contribution in [0.5, 0.6) is 0 Å². The predicted molar refractivity (Wildman–Crippen MR) is 90.1 cm³/mol. The van der Waals surface area contributed by atoms with E-state index in [1.807, 2.05) is 17.5 Å². The third kappa shape index (κ3) is 9.39. The number of carbonyl (C=O) groups is 1. The van der Waals surface area contributed by atoms with E-state index in [-0.39, 0.29) is 18.9 Å². The van der Waals surface area contributed by atoms with Crippen molar-refractivity contribution in [3.8, 4) is 0 Å². The summed E-state index contributed by atoms with van der Waals surface area (Å²) < 4.78 is 36.3. The van der Waals surface area contributed by atoms with Crippen LogP contribution in [-0.4, -0.2) is 50.1 Å². The van der Waals surface area contributed by atoms with Gasteiger partial charge in [0.15, 0.2) is 5.96 Å². The lowest BCUT2D eigenvalue weighted by molar-refractivity contribution is -0.135. The smallest absolute Gasteiger partial charge is 0.356 e. The summed E-state index contributed by atoms with van der Waals surface area (Å²) in [6, 6.07) is 3.89. The second kappa shape index (κ2) is 10.2. The van der Waals surface area contributed by atoms with Gasteiger partial charge in [0.05, 0.1) is 6.54 Å². The van der Waals surface area contributed by atoms with Crippen LogP contribution in [-0.2, 0) is 11.3 Å². The Morgan fingerprint density at radius 2 is 2.04 bits per heavy atom. The molecule has 0 aromatic carbocycles. The van der Waals surface area contributed by atoms with Crippen molar-refractivity contribution < 1.29 is 18.0 Å². The lowest BCUT2D eigenvalue weighted by Crippen LogP contribution is -2.38. The first-order valence-corrected chi connectivity index (χ1v) is 8.47. The van der Waals surface area contributed by atoms with E-state index in [4.69, 9.17) is 0 Å². The van der Waals surface area contributed by atoms with Crippen molar-refractivity contribution in [1.82, 2.24) is 15.5 Å². The van der Waals surface area contributed by atoms with Gasteiger partial charge in [-0.3, -0.25) is 4.79 Å². The summed E-state index contributed by atoms with van der Waals surface area (Å²) in [4.78, 5) is 18.3. The van der Waals surface area contributed by atoms with Crippen LogP contribution >= 0.6 is 11.3 Å². The first kappa shape index (κ1) is 20.3. The second-order valence-electron chi connectivity index (χ2n) is 5.38. The van der Waals surface area contributed by atoms with E-state index in [1.165, 1.54) is 4.90 Å². The standard InChI is InChI=1S/C15H23F3N4OS/c1-22(2)13(23)11-21-14(20-10-12-6-5-9-24-12)19-8-4-3-7-15(16,17)18/h5-6,9H,3-4,7-8,10-11H2,1-2H3,(H2,19,20,21). The van der Waals surface area contributed by atoms with Crippen molar-refractivity contribution >= 4 is 23.2 Å². The topological polar surface area (TPSA) is 56.7 Å². The number of aliphatic imine (C=N–C) groups is 1. The molecule has 9 heteroatoms. The first-order chi connectivity index (χ1) is 11.3. The molecule has 5 nitrogen and oxygen atoms in total. The third-order valence-electron chi connectivity index (χ3n) is 3.06. The summed E-state index contributed by atoms with van der Waals surface area (Å²) in [6.45, 7) is 0.889. The lowest BCUT2D eigenvalue weighted by atomic mass is 10.2. The highest BCUT2D eigenvalue weighted by atomic mass is 32.1. The molecule has 0 fully saturated rings. The van der Waals surface area contributed by atoms with Gasteiger partial charge >= 0.3 is 6.18 Å². The lowest BCUT2D eigenvalue weighted by Gasteiger charge is -2.13. The Labute approximate surface area is 143 Å². The zero-order valence-corrected chi connectivity index (χ0v) is 14.6. The van der Waals surface area contributed by atoms with E-state index >= 15 is 0 Å². The van der Waals surface area contributed by atoms with Crippen molar-refractivity contribution in [3.63, 3.8) is 0 Å². The number of hydrogen-bond acceptors (Lipinski definition) is 3. The van der Waals surface area contributed by atoms with Crippen molar-refractivity contribution in [2.24, 2.45) is 4.99 Å². The average Bonchev–Trinajstić information content (AvgIpc) is 3.00. The average molecular weight is 364 g/mol. The zero-order valence-electron chi connectivity index (χ0n) is 13.8. The van der Waals surface area contributed by atoms with Gasteiger partial charge in [0.2, 0.25) is 5.91 Å². The molecule has 1 amide bonds. The third-order valence-corrected chi connectivity index (χ3v) is 3.94. The van der Waals surface area contributed by atoms with Crippen molar-refractivity contribution in [2.75, 3.05) is 27.2 Å². The predicted octanol–water partition coefficient (Wildman–Crippen LogP) is 2.60. The summed E-state index contributed by atoms with van der Waals surface area (Å²) in [5.41, 5.74) is 0. The second-order valence-corrected chi connectivity index (χ2v) is 6.42. The van der Waals surface area contributed by atoms with Crippen molar-refractivity contribution in [3.05, 3.63) is 22.4 Å². The van der Waals surface area contributed by atoms with E-state index < -0.39 is 12.6 Å². The molecule has 0 unspecified atom stereocenters. The highest BCUT2D eigenvalue weighted by molar-refractivity contribution is 7.09. The van der Waals surface area contributed by atoms with Gasteiger partial charge in [0.1, 0.15) is 6.54 Å². The molecule has 1 aromatic rings. The summed E-state index contributed by atoms with van der Waals surface area (Å²) in [5.74, 6) is 0.273. The number of rotatable bonds is 8. The Hall–Kier alpha value is -1.77. The maximum atomic E-state index is 12.1. The molecule has 0 saturated carbocycles. The quantitative estimate of drug-likeness (QED) is 0.424. The molecule has 1 rings (SSSR count). The number of thiophene rings is 1. The molecule has 0 aliphatic heterocycles.